The third-order valence-electron chi connectivity index (χ3n) is 2.10. The number of benzene rings is 1. The van der Waals surface area contributed by atoms with Gasteiger partial charge in [-0.1, -0.05) is 6.07 Å². The molecule has 0 saturated heterocycles. The highest BCUT2D eigenvalue weighted by molar-refractivity contribution is 7.90. The Morgan fingerprint density at radius 1 is 1.35 bits per heavy atom. The lowest BCUT2D eigenvalue weighted by molar-refractivity contribution is 0.524. The number of hydrogen-bond donors (Lipinski definition) is 1. The second-order valence-corrected chi connectivity index (χ2v) is 5.99. The van der Waals surface area contributed by atoms with Gasteiger partial charge in [-0.3, -0.25) is 0 Å². The van der Waals surface area contributed by atoms with Crippen LogP contribution in [0.2, 0.25) is 0 Å². The van der Waals surface area contributed by atoms with E-state index in [-0.39, 0.29) is 12.0 Å². The maximum absolute atomic E-state index is 13.3. The number of rotatable bonds is 5. The Morgan fingerprint density at radius 3 is 2.35 bits per heavy atom. The molecule has 1 rings (SSSR count). The fourth-order valence-corrected chi connectivity index (χ4v) is 2.36. The SMILES string of the molecule is CC(Cc1c(F)cccc1F)NS(=O)(=O)CCl. The molecular formula is C10H12ClF2NO2S. The van der Waals surface area contributed by atoms with Crippen LogP contribution in [0.3, 0.4) is 0 Å². The molecule has 1 aromatic carbocycles. The lowest BCUT2D eigenvalue weighted by atomic mass is 10.1. The fraction of sp³-hybridized carbons (Fsp3) is 0.400. The molecule has 0 spiro atoms. The molecule has 0 fully saturated rings. The quantitative estimate of drug-likeness (QED) is 0.840. The van der Waals surface area contributed by atoms with Crippen molar-refractivity contribution in [3.63, 3.8) is 0 Å². The van der Waals surface area contributed by atoms with E-state index in [1.807, 2.05) is 0 Å². The number of alkyl halides is 1. The predicted octanol–water partition coefficient (Wildman–Crippen LogP) is 2.01. The van der Waals surface area contributed by atoms with Crippen molar-refractivity contribution in [3.05, 3.63) is 35.4 Å². The number of hydrogen-bond acceptors (Lipinski definition) is 2. The van der Waals surface area contributed by atoms with Gasteiger partial charge in [0.15, 0.2) is 0 Å². The minimum absolute atomic E-state index is 0.0748. The smallest absolute Gasteiger partial charge is 0.211 e. The summed E-state index contributed by atoms with van der Waals surface area (Å²) < 4.78 is 51.1. The summed E-state index contributed by atoms with van der Waals surface area (Å²) in [5, 5.41) is -0.586. The van der Waals surface area contributed by atoms with E-state index in [1.54, 1.807) is 0 Å². The van der Waals surface area contributed by atoms with Gasteiger partial charge in [0, 0.05) is 11.6 Å². The minimum atomic E-state index is -3.59. The van der Waals surface area contributed by atoms with E-state index in [4.69, 9.17) is 11.6 Å². The third kappa shape index (κ3) is 4.22. The molecule has 0 aliphatic rings. The van der Waals surface area contributed by atoms with Crippen molar-refractivity contribution >= 4 is 21.6 Å². The van der Waals surface area contributed by atoms with Crippen molar-refractivity contribution in [1.82, 2.24) is 4.72 Å². The molecule has 1 atom stereocenters. The standard InChI is InChI=1S/C10H12ClF2NO2S/c1-7(14-17(15,16)6-11)5-8-9(12)3-2-4-10(8)13/h2-4,7,14H,5-6H2,1H3. The van der Waals surface area contributed by atoms with Crippen molar-refractivity contribution < 1.29 is 17.2 Å². The van der Waals surface area contributed by atoms with Crippen LogP contribution in [0.15, 0.2) is 18.2 Å². The Labute approximate surface area is 104 Å². The average molecular weight is 284 g/mol. The van der Waals surface area contributed by atoms with E-state index in [2.05, 4.69) is 4.72 Å². The third-order valence-corrected chi connectivity index (χ3v) is 4.01. The van der Waals surface area contributed by atoms with E-state index in [1.165, 1.54) is 13.0 Å². The summed E-state index contributed by atoms with van der Waals surface area (Å²) in [6, 6.07) is 2.87. The first-order valence-electron chi connectivity index (χ1n) is 4.84. The molecule has 96 valence electrons. The second kappa shape index (κ2) is 5.75. The summed E-state index contributed by atoms with van der Waals surface area (Å²) >= 11 is 5.20. The van der Waals surface area contributed by atoms with Crippen LogP contribution in [0.25, 0.3) is 0 Å². The molecular weight excluding hydrogens is 272 g/mol. The highest BCUT2D eigenvalue weighted by Gasteiger charge is 2.17. The normalized spacial score (nSPS) is 13.6. The van der Waals surface area contributed by atoms with Crippen LogP contribution in [0, 0.1) is 11.6 Å². The van der Waals surface area contributed by atoms with Gasteiger partial charge in [-0.25, -0.2) is 21.9 Å². The Bertz CT molecular complexity index is 473. The Hall–Kier alpha value is -0.720. The van der Waals surface area contributed by atoms with Crippen LogP contribution in [-0.2, 0) is 16.4 Å². The van der Waals surface area contributed by atoms with Gasteiger partial charge in [-0.15, -0.1) is 11.6 Å². The Kier molecular flexibility index (Phi) is 4.85. The lowest BCUT2D eigenvalue weighted by Crippen LogP contribution is -2.35. The molecule has 0 bridgehead atoms. The van der Waals surface area contributed by atoms with Gasteiger partial charge < -0.3 is 0 Å². The number of halogens is 3. The minimum Gasteiger partial charge on any atom is -0.211 e. The molecule has 0 aliphatic heterocycles. The summed E-state index contributed by atoms with van der Waals surface area (Å²) in [6.07, 6.45) is -0.0748. The molecule has 7 heteroatoms. The van der Waals surface area contributed by atoms with Crippen molar-refractivity contribution in [2.75, 3.05) is 5.21 Å². The molecule has 0 aliphatic carbocycles. The highest BCUT2D eigenvalue weighted by atomic mass is 35.5. The maximum atomic E-state index is 13.3. The van der Waals surface area contributed by atoms with Crippen LogP contribution in [-0.4, -0.2) is 19.7 Å². The van der Waals surface area contributed by atoms with Gasteiger partial charge in [0.25, 0.3) is 0 Å². The van der Waals surface area contributed by atoms with Crippen LogP contribution >= 0.6 is 11.6 Å². The molecule has 1 unspecified atom stereocenters. The van der Waals surface area contributed by atoms with Crippen LogP contribution < -0.4 is 4.72 Å². The zero-order chi connectivity index (χ0) is 13.1. The monoisotopic (exact) mass is 283 g/mol. The van der Waals surface area contributed by atoms with Gasteiger partial charge in [0.1, 0.15) is 16.8 Å². The summed E-state index contributed by atoms with van der Waals surface area (Å²) in [6.45, 7) is 1.51. The zero-order valence-electron chi connectivity index (χ0n) is 9.08. The van der Waals surface area contributed by atoms with Gasteiger partial charge in [0.2, 0.25) is 10.0 Å². The van der Waals surface area contributed by atoms with Crippen molar-refractivity contribution in [1.29, 1.82) is 0 Å². The summed E-state index contributed by atoms with van der Waals surface area (Å²) in [5.41, 5.74) is -0.141. The lowest BCUT2D eigenvalue weighted by Gasteiger charge is -2.13. The van der Waals surface area contributed by atoms with Crippen LogP contribution in [0.1, 0.15) is 12.5 Å². The molecule has 0 radical (unpaired) electrons. The Balaban J connectivity index is 2.79. The molecule has 0 saturated carbocycles. The van der Waals surface area contributed by atoms with Gasteiger partial charge in [-0.05, 0) is 25.5 Å². The molecule has 3 nitrogen and oxygen atoms in total. The highest BCUT2D eigenvalue weighted by Crippen LogP contribution is 2.14. The predicted molar refractivity (Wildman–Crippen MR) is 62.3 cm³/mol. The maximum Gasteiger partial charge on any atom is 0.225 e. The summed E-state index contributed by atoms with van der Waals surface area (Å²) in [5.74, 6) is -1.39. The van der Waals surface area contributed by atoms with E-state index in [0.717, 1.165) is 12.1 Å². The van der Waals surface area contributed by atoms with E-state index >= 15 is 0 Å². The molecule has 17 heavy (non-hydrogen) atoms. The molecule has 1 aromatic rings. The van der Waals surface area contributed by atoms with Gasteiger partial charge in [0.05, 0.1) is 0 Å². The average Bonchev–Trinajstić information content (AvgIpc) is 2.23. The molecule has 0 amide bonds. The van der Waals surface area contributed by atoms with Crippen LogP contribution in [0.5, 0.6) is 0 Å². The number of nitrogens with one attached hydrogen (secondary N) is 1. The van der Waals surface area contributed by atoms with Crippen molar-refractivity contribution in [2.45, 2.75) is 19.4 Å². The first-order valence-corrected chi connectivity index (χ1v) is 7.03. The van der Waals surface area contributed by atoms with Crippen molar-refractivity contribution in [2.24, 2.45) is 0 Å². The van der Waals surface area contributed by atoms with Crippen molar-refractivity contribution in [3.8, 4) is 0 Å². The first-order chi connectivity index (χ1) is 7.85. The van der Waals surface area contributed by atoms with E-state index in [0.29, 0.717) is 0 Å². The number of sulfonamides is 1. The molecule has 0 heterocycles. The van der Waals surface area contributed by atoms with E-state index < -0.39 is 32.9 Å². The second-order valence-electron chi connectivity index (χ2n) is 3.65. The zero-order valence-corrected chi connectivity index (χ0v) is 10.7. The fourth-order valence-electron chi connectivity index (χ4n) is 1.41. The van der Waals surface area contributed by atoms with E-state index in [9.17, 15) is 17.2 Å². The summed E-state index contributed by atoms with van der Waals surface area (Å²) in [4.78, 5) is 0. The van der Waals surface area contributed by atoms with Gasteiger partial charge in [-0.2, -0.15) is 0 Å². The topological polar surface area (TPSA) is 46.2 Å². The first kappa shape index (κ1) is 14.3. The van der Waals surface area contributed by atoms with Gasteiger partial charge >= 0.3 is 0 Å². The summed E-state index contributed by atoms with van der Waals surface area (Å²) in [7, 11) is -3.59. The molecule has 1 N–H and O–H groups in total. The largest absolute Gasteiger partial charge is 0.225 e. The van der Waals surface area contributed by atoms with Crippen LogP contribution in [0.4, 0.5) is 8.78 Å². The molecule has 0 aromatic heterocycles. The Morgan fingerprint density at radius 2 is 1.88 bits per heavy atom.